The number of benzene rings is 2. The highest BCUT2D eigenvalue weighted by Crippen LogP contribution is 2.59. The van der Waals surface area contributed by atoms with E-state index in [0.717, 1.165) is 6.42 Å². The molecule has 0 heteroatoms. The number of allylic oxidation sites excluding steroid dienone is 2. The van der Waals surface area contributed by atoms with Crippen LogP contribution in [0, 0.1) is 12.8 Å². The van der Waals surface area contributed by atoms with E-state index >= 15 is 0 Å². The van der Waals surface area contributed by atoms with Gasteiger partial charge in [-0.05, 0) is 36.8 Å². The van der Waals surface area contributed by atoms with E-state index in [-0.39, 0.29) is 5.41 Å². The second-order valence-electron chi connectivity index (χ2n) is 5.23. The maximum atomic E-state index is 3.89. The SMILES string of the molecule is [CH2]C/C=C\C1CC1(c1ccccc1)c1ccccc1. The third kappa shape index (κ3) is 2.12. The molecule has 1 aliphatic carbocycles. The van der Waals surface area contributed by atoms with Crippen molar-refractivity contribution in [2.75, 3.05) is 0 Å². The fourth-order valence-electron chi connectivity index (χ4n) is 3.08. The molecule has 2 aromatic carbocycles. The first-order chi connectivity index (χ1) is 9.38. The highest BCUT2D eigenvalue weighted by Gasteiger charge is 2.54. The van der Waals surface area contributed by atoms with Crippen LogP contribution < -0.4 is 0 Å². The zero-order chi connectivity index (χ0) is 13.1. The van der Waals surface area contributed by atoms with Crippen molar-refractivity contribution in [3.8, 4) is 0 Å². The Morgan fingerprint density at radius 3 is 1.95 bits per heavy atom. The predicted octanol–water partition coefficient (Wildman–Crippen LogP) is 4.77. The summed E-state index contributed by atoms with van der Waals surface area (Å²) in [6, 6.07) is 21.8. The van der Waals surface area contributed by atoms with Gasteiger partial charge in [0.05, 0.1) is 0 Å². The van der Waals surface area contributed by atoms with Crippen LogP contribution in [0.5, 0.6) is 0 Å². The second-order valence-corrected chi connectivity index (χ2v) is 5.23. The highest BCUT2D eigenvalue weighted by molar-refractivity contribution is 5.48. The molecule has 1 radical (unpaired) electrons. The van der Waals surface area contributed by atoms with Crippen LogP contribution in [-0.2, 0) is 5.41 Å². The van der Waals surface area contributed by atoms with Gasteiger partial charge in [0, 0.05) is 5.41 Å². The molecule has 0 bridgehead atoms. The van der Waals surface area contributed by atoms with Crippen LogP contribution in [0.2, 0.25) is 0 Å². The smallest absolute Gasteiger partial charge is 0.0271 e. The van der Waals surface area contributed by atoms with Crippen LogP contribution in [0.3, 0.4) is 0 Å². The average Bonchev–Trinajstić information content (AvgIpc) is 3.23. The monoisotopic (exact) mass is 247 g/mol. The van der Waals surface area contributed by atoms with Gasteiger partial charge in [-0.3, -0.25) is 0 Å². The summed E-state index contributed by atoms with van der Waals surface area (Å²) in [5.74, 6) is 0.610. The molecule has 0 spiro atoms. The molecule has 1 unspecified atom stereocenters. The zero-order valence-electron chi connectivity index (χ0n) is 11.1. The maximum absolute atomic E-state index is 3.89. The fourth-order valence-corrected chi connectivity index (χ4v) is 3.08. The molecule has 1 fully saturated rings. The van der Waals surface area contributed by atoms with Crippen LogP contribution >= 0.6 is 0 Å². The lowest BCUT2D eigenvalue weighted by Crippen LogP contribution is -2.11. The van der Waals surface area contributed by atoms with E-state index in [4.69, 9.17) is 0 Å². The molecule has 0 saturated heterocycles. The highest BCUT2D eigenvalue weighted by atomic mass is 14.6. The molecule has 0 aliphatic heterocycles. The van der Waals surface area contributed by atoms with Crippen molar-refractivity contribution in [3.63, 3.8) is 0 Å². The Hall–Kier alpha value is -1.82. The lowest BCUT2D eigenvalue weighted by molar-refractivity contribution is 0.789. The van der Waals surface area contributed by atoms with Crippen molar-refractivity contribution in [2.24, 2.45) is 5.92 Å². The minimum Gasteiger partial charge on any atom is -0.0882 e. The Kier molecular flexibility index (Phi) is 3.25. The van der Waals surface area contributed by atoms with Crippen LogP contribution in [0.1, 0.15) is 24.0 Å². The zero-order valence-corrected chi connectivity index (χ0v) is 11.1. The first-order valence-electron chi connectivity index (χ1n) is 6.95. The molecular weight excluding hydrogens is 228 g/mol. The Labute approximate surface area is 115 Å². The van der Waals surface area contributed by atoms with Crippen molar-refractivity contribution >= 4 is 0 Å². The summed E-state index contributed by atoms with van der Waals surface area (Å²) in [5.41, 5.74) is 3.05. The van der Waals surface area contributed by atoms with Gasteiger partial charge in [0.15, 0.2) is 0 Å². The molecule has 1 saturated carbocycles. The third-order valence-electron chi connectivity index (χ3n) is 4.13. The van der Waals surface area contributed by atoms with Crippen molar-refractivity contribution in [3.05, 3.63) is 90.9 Å². The molecule has 1 aliphatic rings. The first-order valence-corrected chi connectivity index (χ1v) is 6.95. The summed E-state index contributed by atoms with van der Waals surface area (Å²) < 4.78 is 0. The first kappa shape index (κ1) is 12.2. The Morgan fingerprint density at radius 2 is 1.47 bits per heavy atom. The molecule has 0 aromatic heterocycles. The normalized spacial score (nSPS) is 20.6. The molecule has 0 N–H and O–H groups in total. The third-order valence-corrected chi connectivity index (χ3v) is 4.13. The molecule has 0 heterocycles. The van der Waals surface area contributed by atoms with Gasteiger partial charge >= 0.3 is 0 Å². The largest absolute Gasteiger partial charge is 0.0882 e. The molecule has 19 heavy (non-hydrogen) atoms. The van der Waals surface area contributed by atoms with Crippen molar-refractivity contribution in [1.29, 1.82) is 0 Å². The second kappa shape index (κ2) is 5.05. The van der Waals surface area contributed by atoms with E-state index in [0.29, 0.717) is 5.92 Å². The minimum absolute atomic E-state index is 0.189. The van der Waals surface area contributed by atoms with E-state index in [1.807, 2.05) is 0 Å². The van der Waals surface area contributed by atoms with Crippen LogP contribution in [0.25, 0.3) is 0 Å². The minimum atomic E-state index is 0.189. The van der Waals surface area contributed by atoms with E-state index in [1.54, 1.807) is 0 Å². The summed E-state index contributed by atoms with van der Waals surface area (Å²) in [6.45, 7) is 3.89. The van der Waals surface area contributed by atoms with Gasteiger partial charge in [-0.25, -0.2) is 0 Å². The predicted molar refractivity (Wildman–Crippen MR) is 80.9 cm³/mol. The van der Waals surface area contributed by atoms with E-state index in [1.165, 1.54) is 17.5 Å². The molecular formula is C19H19. The number of hydrogen-bond donors (Lipinski definition) is 0. The standard InChI is InChI=1S/C19H19/c1-2-3-10-18-15-19(18,16-11-6-4-7-12-16)17-13-8-5-9-14-17/h3-14,18H,1-2,15H2/b10-3-. The van der Waals surface area contributed by atoms with Crippen LogP contribution in [0.15, 0.2) is 72.8 Å². The Morgan fingerprint density at radius 1 is 0.947 bits per heavy atom. The topological polar surface area (TPSA) is 0 Å². The summed E-state index contributed by atoms with van der Waals surface area (Å²) >= 11 is 0. The molecule has 0 nitrogen and oxygen atoms in total. The van der Waals surface area contributed by atoms with Crippen LogP contribution in [-0.4, -0.2) is 0 Å². The lowest BCUT2D eigenvalue weighted by Gasteiger charge is -2.18. The quantitative estimate of drug-likeness (QED) is 0.682. The molecule has 95 valence electrons. The number of hydrogen-bond acceptors (Lipinski definition) is 0. The molecule has 1 atom stereocenters. The Balaban J connectivity index is 2.02. The Bertz CT molecular complexity index is 512. The molecule has 0 amide bonds. The van der Waals surface area contributed by atoms with Gasteiger partial charge in [-0.15, -0.1) is 0 Å². The van der Waals surface area contributed by atoms with Crippen molar-refractivity contribution in [1.82, 2.24) is 0 Å². The lowest BCUT2D eigenvalue weighted by atomic mass is 9.85. The van der Waals surface area contributed by atoms with Gasteiger partial charge in [-0.2, -0.15) is 0 Å². The van der Waals surface area contributed by atoms with E-state index in [9.17, 15) is 0 Å². The summed E-state index contributed by atoms with van der Waals surface area (Å²) in [6.07, 6.45) is 6.61. The van der Waals surface area contributed by atoms with Crippen LogP contribution in [0.4, 0.5) is 0 Å². The fraction of sp³-hybridized carbons (Fsp3) is 0.211. The summed E-state index contributed by atoms with van der Waals surface area (Å²) in [4.78, 5) is 0. The average molecular weight is 247 g/mol. The maximum Gasteiger partial charge on any atom is 0.0271 e. The van der Waals surface area contributed by atoms with Gasteiger partial charge in [0.2, 0.25) is 0 Å². The molecule has 3 rings (SSSR count). The molecule has 2 aromatic rings. The van der Waals surface area contributed by atoms with Crippen molar-refractivity contribution < 1.29 is 0 Å². The summed E-state index contributed by atoms with van der Waals surface area (Å²) in [7, 11) is 0. The van der Waals surface area contributed by atoms with E-state index in [2.05, 4.69) is 79.7 Å². The van der Waals surface area contributed by atoms with E-state index < -0.39 is 0 Å². The van der Waals surface area contributed by atoms with Gasteiger partial charge in [0.25, 0.3) is 0 Å². The van der Waals surface area contributed by atoms with Crippen molar-refractivity contribution in [2.45, 2.75) is 18.3 Å². The van der Waals surface area contributed by atoms with Gasteiger partial charge < -0.3 is 0 Å². The van der Waals surface area contributed by atoms with Gasteiger partial charge in [0.1, 0.15) is 0 Å². The van der Waals surface area contributed by atoms with Gasteiger partial charge in [-0.1, -0.05) is 72.8 Å². The summed E-state index contributed by atoms with van der Waals surface area (Å²) in [5, 5.41) is 0. The number of rotatable bonds is 4.